The summed E-state index contributed by atoms with van der Waals surface area (Å²) in [7, 11) is 0. The van der Waals surface area contributed by atoms with Crippen molar-refractivity contribution in [3.63, 3.8) is 0 Å². The fraction of sp³-hybridized carbons (Fsp3) is 0.571. The van der Waals surface area contributed by atoms with Gasteiger partial charge in [-0.2, -0.15) is 10.5 Å². The predicted octanol–water partition coefficient (Wildman–Crippen LogP) is 1.40. The van der Waals surface area contributed by atoms with E-state index >= 15 is 0 Å². The van der Waals surface area contributed by atoms with Crippen LogP contribution in [0.5, 0.6) is 0 Å². The van der Waals surface area contributed by atoms with Crippen LogP contribution in [0.25, 0.3) is 0 Å². The number of carbonyl (C=O) groups is 1. The Morgan fingerprint density at radius 2 is 2.05 bits per heavy atom. The van der Waals surface area contributed by atoms with E-state index in [0.29, 0.717) is 23.5 Å². The van der Waals surface area contributed by atoms with E-state index in [2.05, 4.69) is 11.1 Å². The average molecular weight is 303 g/mol. The van der Waals surface area contributed by atoms with Crippen LogP contribution < -0.4 is 11.5 Å². The maximum absolute atomic E-state index is 12.0. The number of aliphatic imine (C=N–C) groups is 1. The number of amides is 1. The van der Waals surface area contributed by atoms with Crippen LogP contribution in [0.2, 0.25) is 0 Å². The zero-order valence-electron chi connectivity index (χ0n) is 11.6. The number of nitriles is 2. The Balaban J connectivity index is 2.54. The number of primary amides is 1. The third kappa shape index (κ3) is 2.62. The maximum Gasteiger partial charge on any atom is 0.228 e. The minimum atomic E-state index is -0.655. The van der Waals surface area contributed by atoms with Gasteiger partial charge in [-0.3, -0.25) is 4.79 Å². The van der Waals surface area contributed by atoms with Gasteiger partial charge >= 0.3 is 0 Å². The minimum absolute atomic E-state index is 0.164. The van der Waals surface area contributed by atoms with E-state index in [1.807, 2.05) is 6.07 Å². The number of hydrogen-bond acceptors (Lipinski definition) is 6. The molecule has 2 aliphatic rings. The second-order valence-electron chi connectivity index (χ2n) is 5.32. The Hall–Kier alpha value is -1.99. The summed E-state index contributed by atoms with van der Waals surface area (Å²) in [4.78, 5) is 16.2. The number of rotatable bonds is 2. The van der Waals surface area contributed by atoms with Gasteiger partial charge in [-0.25, -0.2) is 4.99 Å². The summed E-state index contributed by atoms with van der Waals surface area (Å²) in [6, 6.07) is 4.16. The number of thioether (sulfide) groups is 1. The molecule has 0 bridgehead atoms. The molecule has 0 aromatic heterocycles. The smallest absolute Gasteiger partial charge is 0.228 e. The van der Waals surface area contributed by atoms with Crippen LogP contribution in [0, 0.1) is 34.0 Å². The molecule has 2 rings (SSSR count). The summed E-state index contributed by atoms with van der Waals surface area (Å²) in [5.41, 5.74) is 11.3. The molecular weight excluding hydrogens is 286 g/mol. The van der Waals surface area contributed by atoms with Crippen LogP contribution in [-0.2, 0) is 4.79 Å². The van der Waals surface area contributed by atoms with Crippen molar-refractivity contribution >= 4 is 22.7 Å². The highest BCUT2D eigenvalue weighted by Crippen LogP contribution is 2.52. The fourth-order valence-corrected chi connectivity index (χ4v) is 4.26. The predicted molar refractivity (Wildman–Crippen MR) is 80.5 cm³/mol. The first kappa shape index (κ1) is 15.4. The van der Waals surface area contributed by atoms with Crippen molar-refractivity contribution in [2.24, 2.45) is 27.8 Å². The highest BCUT2D eigenvalue weighted by Gasteiger charge is 2.51. The van der Waals surface area contributed by atoms with E-state index in [9.17, 15) is 10.1 Å². The van der Waals surface area contributed by atoms with E-state index < -0.39 is 17.2 Å². The first-order valence-electron chi connectivity index (χ1n) is 6.85. The molecule has 1 spiro atoms. The van der Waals surface area contributed by atoms with E-state index in [4.69, 9.17) is 16.7 Å². The van der Waals surface area contributed by atoms with Gasteiger partial charge < -0.3 is 11.5 Å². The van der Waals surface area contributed by atoms with Crippen molar-refractivity contribution in [2.45, 2.75) is 32.1 Å². The molecule has 21 heavy (non-hydrogen) atoms. The van der Waals surface area contributed by atoms with Crippen LogP contribution >= 0.6 is 11.8 Å². The van der Waals surface area contributed by atoms with Crippen LogP contribution in [-0.4, -0.2) is 16.7 Å². The van der Waals surface area contributed by atoms with Gasteiger partial charge in [-0.1, -0.05) is 31.0 Å². The zero-order chi connectivity index (χ0) is 15.5. The monoisotopic (exact) mass is 303 g/mol. The van der Waals surface area contributed by atoms with Crippen molar-refractivity contribution in [2.75, 3.05) is 5.75 Å². The van der Waals surface area contributed by atoms with Crippen LogP contribution in [0.1, 0.15) is 32.1 Å². The number of nitrogens with two attached hydrogens (primary N) is 2. The normalized spacial score (nSPS) is 24.1. The number of carbonyl (C=O) groups excluding carboxylic acids is 1. The number of nitrogens with zero attached hydrogens (tertiary/aromatic N) is 3. The highest BCUT2D eigenvalue weighted by atomic mass is 32.2. The molecule has 1 fully saturated rings. The molecule has 110 valence electrons. The second kappa shape index (κ2) is 6.19. The molecular formula is C14H17N5OS. The van der Waals surface area contributed by atoms with E-state index in [-0.39, 0.29) is 11.6 Å². The molecule has 0 saturated heterocycles. The fourth-order valence-electron chi connectivity index (χ4n) is 3.38. The molecule has 0 aromatic carbocycles. The first-order chi connectivity index (χ1) is 10.1. The lowest BCUT2D eigenvalue weighted by Gasteiger charge is -2.44. The SMILES string of the molecule is N#CCSC1=NC(N)=C(C#N)C2(CCCCC2)C1C(N)=O. The van der Waals surface area contributed by atoms with E-state index in [0.717, 1.165) is 19.3 Å². The van der Waals surface area contributed by atoms with Crippen molar-refractivity contribution in [3.05, 3.63) is 11.4 Å². The van der Waals surface area contributed by atoms with Gasteiger partial charge in [0.25, 0.3) is 0 Å². The topological polar surface area (TPSA) is 129 Å². The lowest BCUT2D eigenvalue weighted by Crippen LogP contribution is -2.48. The Morgan fingerprint density at radius 1 is 1.38 bits per heavy atom. The van der Waals surface area contributed by atoms with Gasteiger partial charge in [0.1, 0.15) is 5.82 Å². The van der Waals surface area contributed by atoms with Gasteiger partial charge in [0.2, 0.25) is 5.91 Å². The first-order valence-corrected chi connectivity index (χ1v) is 7.83. The van der Waals surface area contributed by atoms with E-state index in [1.54, 1.807) is 0 Å². The molecule has 7 heteroatoms. The van der Waals surface area contributed by atoms with Gasteiger partial charge in [0.05, 0.1) is 34.4 Å². The third-order valence-electron chi connectivity index (χ3n) is 4.21. The third-order valence-corrected chi connectivity index (χ3v) is 5.11. The summed E-state index contributed by atoms with van der Waals surface area (Å²) in [5.74, 6) is -0.815. The summed E-state index contributed by atoms with van der Waals surface area (Å²) in [5, 5.41) is 18.7. The lowest BCUT2D eigenvalue weighted by atomic mass is 9.61. The largest absolute Gasteiger partial charge is 0.383 e. The Bertz CT molecular complexity index is 589. The Labute approximate surface area is 127 Å². The van der Waals surface area contributed by atoms with Gasteiger partial charge in [-0.05, 0) is 12.8 Å². The van der Waals surface area contributed by atoms with Crippen LogP contribution in [0.3, 0.4) is 0 Å². The Kier molecular flexibility index (Phi) is 4.54. The van der Waals surface area contributed by atoms with Crippen molar-refractivity contribution in [1.82, 2.24) is 0 Å². The highest BCUT2D eigenvalue weighted by molar-refractivity contribution is 8.14. The van der Waals surface area contributed by atoms with Crippen LogP contribution in [0.4, 0.5) is 0 Å². The van der Waals surface area contributed by atoms with Gasteiger partial charge in [0, 0.05) is 5.41 Å². The molecule has 1 atom stereocenters. The molecule has 1 aliphatic heterocycles. The average Bonchev–Trinajstić information content (AvgIpc) is 2.45. The molecule has 4 N–H and O–H groups in total. The maximum atomic E-state index is 12.0. The second-order valence-corrected chi connectivity index (χ2v) is 6.32. The molecule has 6 nitrogen and oxygen atoms in total. The molecule has 1 heterocycles. The molecule has 1 aliphatic carbocycles. The lowest BCUT2D eigenvalue weighted by molar-refractivity contribution is -0.123. The number of hydrogen-bond donors (Lipinski definition) is 2. The molecule has 1 amide bonds. The molecule has 0 radical (unpaired) electrons. The standard InChI is InChI=1S/C14H17N5OS/c15-6-7-21-13-10(12(18)20)14(4-2-1-3-5-14)9(8-16)11(17)19-13/h10H,1-5,7,17H2,(H2,18,20). The molecule has 0 aromatic rings. The van der Waals surface area contributed by atoms with Gasteiger partial charge in [0.15, 0.2) is 0 Å². The summed E-state index contributed by atoms with van der Waals surface area (Å²) in [6.07, 6.45) is 4.34. The van der Waals surface area contributed by atoms with Crippen molar-refractivity contribution in [1.29, 1.82) is 10.5 Å². The van der Waals surface area contributed by atoms with Gasteiger partial charge in [-0.15, -0.1) is 0 Å². The minimum Gasteiger partial charge on any atom is -0.383 e. The van der Waals surface area contributed by atoms with E-state index in [1.165, 1.54) is 11.8 Å². The van der Waals surface area contributed by atoms with Crippen LogP contribution in [0.15, 0.2) is 16.4 Å². The summed E-state index contributed by atoms with van der Waals surface area (Å²) in [6.45, 7) is 0. The Morgan fingerprint density at radius 3 is 2.57 bits per heavy atom. The molecule has 1 unspecified atom stereocenters. The number of allylic oxidation sites excluding steroid dienone is 1. The quantitative estimate of drug-likeness (QED) is 0.796. The summed E-state index contributed by atoms with van der Waals surface area (Å²) >= 11 is 1.18. The summed E-state index contributed by atoms with van der Waals surface area (Å²) < 4.78 is 0. The molecule has 1 saturated carbocycles. The van der Waals surface area contributed by atoms with Crippen molar-refractivity contribution < 1.29 is 4.79 Å². The van der Waals surface area contributed by atoms with Crippen molar-refractivity contribution in [3.8, 4) is 12.1 Å². The zero-order valence-corrected chi connectivity index (χ0v) is 12.4.